The van der Waals surface area contributed by atoms with Crippen LogP contribution in [-0.4, -0.2) is 12.6 Å². The molecule has 18 heavy (non-hydrogen) atoms. The number of nitrogens with one attached hydrogen (secondary N) is 1. The van der Waals surface area contributed by atoms with Gasteiger partial charge in [-0.05, 0) is 41.7 Å². The molecule has 0 spiro atoms. The van der Waals surface area contributed by atoms with Gasteiger partial charge in [0.15, 0.2) is 0 Å². The van der Waals surface area contributed by atoms with Gasteiger partial charge in [0.25, 0.3) is 0 Å². The van der Waals surface area contributed by atoms with Crippen LogP contribution in [0.1, 0.15) is 57.6 Å². The Morgan fingerprint density at radius 3 is 2.28 bits per heavy atom. The van der Waals surface area contributed by atoms with Crippen molar-refractivity contribution >= 4 is 0 Å². The van der Waals surface area contributed by atoms with Crippen molar-refractivity contribution in [3.05, 3.63) is 35.4 Å². The fraction of sp³-hybridized carbons (Fsp3) is 0.647. The van der Waals surface area contributed by atoms with Gasteiger partial charge in [-0.3, -0.25) is 0 Å². The highest BCUT2D eigenvalue weighted by atomic mass is 15.0. The van der Waals surface area contributed by atoms with E-state index in [-0.39, 0.29) is 0 Å². The van der Waals surface area contributed by atoms with Crippen LogP contribution in [0.2, 0.25) is 0 Å². The number of hydrogen-bond donors (Lipinski definition) is 1. The van der Waals surface area contributed by atoms with E-state index in [2.05, 4.69) is 57.3 Å². The molecule has 1 saturated carbocycles. The lowest BCUT2D eigenvalue weighted by Gasteiger charge is -2.25. The molecule has 0 aromatic heterocycles. The van der Waals surface area contributed by atoms with Gasteiger partial charge in [-0.15, -0.1) is 0 Å². The molecule has 1 aromatic rings. The van der Waals surface area contributed by atoms with Gasteiger partial charge < -0.3 is 5.32 Å². The minimum Gasteiger partial charge on any atom is -0.313 e. The Hall–Kier alpha value is -0.820. The molecular weight excluding hydrogens is 218 g/mol. The van der Waals surface area contributed by atoms with E-state index in [4.69, 9.17) is 0 Å². The Kier molecular flexibility index (Phi) is 4.11. The van der Waals surface area contributed by atoms with E-state index >= 15 is 0 Å². The van der Waals surface area contributed by atoms with Crippen LogP contribution in [0.4, 0.5) is 0 Å². The van der Waals surface area contributed by atoms with Crippen molar-refractivity contribution in [3.8, 4) is 0 Å². The molecule has 0 bridgehead atoms. The van der Waals surface area contributed by atoms with Crippen molar-refractivity contribution in [1.82, 2.24) is 5.32 Å². The number of rotatable bonds is 6. The zero-order valence-electron chi connectivity index (χ0n) is 12.3. The highest BCUT2D eigenvalue weighted by molar-refractivity contribution is 5.25. The number of hydrogen-bond acceptors (Lipinski definition) is 1. The van der Waals surface area contributed by atoms with E-state index in [0.717, 1.165) is 19.0 Å². The lowest BCUT2D eigenvalue weighted by Crippen LogP contribution is -2.32. The second-order valence-electron chi connectivity index (χ2n) is 6.89. The zero-order valence-corrected chi connectivity index (χ0v) is 12.3. The van der Waals surface area contributed by atoms with Crippen molar-refractivity contribution in [2.75, 3.05) is 6.54 Å². The molecule has 1 heteroatoms. The van der Waals surface area contributed by atoms with Crippen molar-refractivity contribution in [2.45, 2.75) is 58.9 Å². The van der Waals surface area contributed by atoms with Gasteiger partial charge in [0, 0.05) is 12.6 Å². The quantitative estimate of drug-likeness (QED) is 0.794. The van der Waals surface area contributed by atoms with Crippen LogP contribution in [0.15, 0.2) is 24.3 Å². The van der Waals surface area contributed by atoms with Crippen LogP contribution in [0, 0.1) is 5.41 Å². The largest absolute Gasteiger partial charge is 0.313 e. The first-order valence-electron chi connectivity index (χ1n) is 7.28. The summed E-state index contributed by atoms with van der Waals surface area (Å²) in [5.41, 5.74) is 3.25. The molecular formula is C17H27N. The first-order valence-corrected chi connectivity index (χ1v) is 7.28. The molecule has 1 nitrogen and oxygen atoms in total. The molecule has 0 amide bonds. The summed E-state index contributed by atoms with van der Waals surface area (Å²) >= 11 is 0. The van der Waals surface area contributed by atoms with Crippen LogP contribution < -0.4 is 5.32 Å². The fourth-order valence-electron chi connectivity index (χ4n) is 2.34. The van der Waals surface area contributed by atoms with Gasteiger partial charge in [0.1, 0.15) is 0 Å². The summed E-state index contributed by atoms with van der Waals surface area (Å²) < 4.78 is 0. The molecule has 0 aliphatic heterocycles. The Balaban J connectivity index is 1.90. The van der Waals surface area contributed by atoms with Crippen molar-refractivity contribution in [2.24, 2.45) is 5.41 Å². The van der Waals surface area contributed by atoms with E-state index < -0.39 is 0 Å². The second kappa shape index (κ2) is 5.44. The summed E-state index contributed by atoms with van der Waals surface area (Å²) in [6, 6.07) is 9.98. The fourth-order valence-corrected chi connectivity index (χ4v) is 2.34. The third-order valence-corrected chi connectivity index (χ3v) is 3.78. The highest BCUT2D eigenvalue weighted by Gasteiger charge is 2.25. The summed E-state index contributed by atoms with van der Waals surface area (Å²) in [7, 11) is 0. The first kappa shape index (κ1) is 13.6. The summed E-state index contributed by atoms with van der Waals surface area (Å²) in [6.45, 7) is 10.3. The van der Waals surface area contributed by atoms with Gasteiger partial charge in [0.2, 0.25) is 0 Å². The van der Waals surface area contributed by atoms with Gasteiger partial charge in [-0.2, -0.15) is 0 Å². The van der Waals surface area contributed by atoms with Crippen molar-refractivity contribution in [1.29, 1.82) is 0 Å². The minimum atomic E-state index is 0.349. The van der Waals surface area contributed by atoms with Crippen LogP contribution >= 0.6 is 0 Å². The maximum Gasteiger partial charge on any atom is 0.00684 e. The van der Waals surface area contributed by atoms with Crippen molar-refractivity contribution < 1.29 is 0 Å². The summed E-state index contributed by atoms with van der Waals surface area (Å²) in [5.74, 6) is 0.628. The van der Waals surface area contributed by atoms with Crippen LogP contribution in [0.3, 0.4) is 0 Å². The molecule has 1 fully saturated rings. The third kappa shape index (κ3) is 4.13. The Bertz CT molecular complexity index is 371. The molecule has 0 saturated heterocycles. The molecule has 100 valence electrons. The van der Waals surface area contributed by atoms with E-state index in [1.807, 2.05) is 0 Å². The molecule has 0 atom stereocenters. The van der Waals surface area contributed by atoms with Crippen LogP contribution in [0.5, 0.6) is 0 Å². The predicted molar refractivity (Wildman–Crippen MR) is 79.0 cm³/mol. The summed E-state index contributed by atoms with van der Waals surface area (Å²) in [4.78, 5) is 0. The SMILES string of the molecule is CC(C)c1ccc(CC(C)(C)CNC2CC2)cc1. The third-order valence-electron chi connectivity index (χ3n) is 3.78. The van der Waals surface area contributed by atoms with Gasteiger partial charge in [-0.25, -0.2) is 0 Å². The summed E-state index contributed by atoms with van der Waals surface area (Å²) in [6.07, 6.45) is 3.91. The highest BCUT2D eigenvalue weighted by Crippen LogP contribution is 2.25. The molecule has 1 aliphatic carbocycles. The topological polar surface area (TPSA) is 12.0 Å². The normalized spacial score (nSPS) is 16.3. The number of benzene rings is 1. The molecule has 0 unspecified atom stereocenters. The zero-order chi connectivity index (χ0) is 13.2. The van der Waals surface area contributed by atoms with E-state index in [1.54, 1.807) is 0 Å². The minimum absolute atomic E-state index is 0.349. The molecule has 2 rings (SSSR count). The van der Waals surface area contributed by atoms with E-state index in [1.165, 1.54) is 24.0 Å². The molecule has 0 heterocycles. The average molecular weight is 245 g/mol. The van der Waals surface area contributed by atoms with Crippen LogP contribution in [-0.2, 0) is 6.42 Å². The maximum absolute atomic E-state index is 3.65. The lowest BCUT2D eigenvalue weighted by molar-refractivity contribution is 0.337. The van der Waals surface area contributed by atoms with Gasteiger partial charge in [-0.1, -0.05) is 52.0 Å². The van der Waals surface area contributed by atoms with E-state index in [9.17, 15) is 0 Å². The monoisotopic (exact) mass is 245 g/mol. The smallest absolute Gasteiger partial charge is 0.00684 e. The predicted octanol–water partition coefficient (Wildman–Crippen LogP) is 4.13. The molecule has 0 radical (unpaired) electrons. The maximum atomic E-state index is 3.65. The van der Waals surface area contributed by atoms with Crippen LogP contribution in [0.25, 0.3) is 0 Å². The van der Waals surface area contributed by atoms with Gasteiger partial charge in [0.05, 0.1) is 0 Å². The first-order chi connectivity index (χ1) is 8.46. The Morgan fingerprint density at radius 1 is 1.17 bits per heavy atom. The molecule has 1 N–H and O–H groups in total. The molecule has 1 aromatic carbocycles. The summed E-state index contributed by atoms with van der Waals surface area (Å²) in [5, 5.41) is 3.65. The standard InChI is InChI=1S/C17H27N/c1-13(2)15-7-5-14(6-8-15)11-17(3,4)12-18-16-9-10-16/h5-8,13,16,18H,9-12H2,1-4H3. The second-order valence-corrected chi connectivity index (χ2v) is 6.89. The van der Waals surface area contributed by atoms with Gasteiger partial charge >= 0.3 is 0 Å². The average Bonchev–Trinajstić information content (AvgIpc) is 3.10. The van der Waals surface area contributed by atoms with E-state index in [0.29, 0.717) is 11.3 Å². The Morgan fingerprint density at radius 2 is 1.78 bits per heavy atom. The Labute approximate surface area is 112 Å². The van der Waals surface area contributed by atoms with Crippen molar-refractivity contribution in [3.63, 3.8) is 0 Å². The molecule has 1 aliphatic rings. The lowest BCUT2D eigenvalue weighted by atomic mass is 9.85.